The Bertz CT molecular complexity index is 1080. The minimum absolute atomic E-state index is 0.257. The molecular weight excluding hydrogens is 690 g/mol. The number of rotatable bonds is 26. The molecule has 0 aliphatic carbocycles. The van der Waals surface area contributed by atoms with Gasteiger partial charge >= 0.3 is 0 Å². The highest BCUT2D eigenvalue weighted by Crippen LogP contribution is 2.29. The van der Waals surface area contributed by atoms with Crippen LogP contribution in [0.4, 0.5) is 0 Å². The van der Waals surface area contributed by atoms with E-state index in [1.54, 1.807) is 6.08 Å². The molecule has 2 aliphatic heterocycles. The molecule has 14 heteroatoms. The summed E-state index contributed by atoms with van der Waals surface area (Å²) >= 11 is 0. The molecule has 2 aliphatic rings. The van der Waals surface area contributed by atoms with Gasteiger partial charge in [0, 0.05) is 6.42 Å². The number of amides is 1. The molecule has 2 fully saturated rings. The van der Waals surface area contributed by atoms with Gasteiger partial charge in [-0.15, -0.1) is 0 Å². The van der Waals surface area contributed by atoms with Crippen molar-refractivity contribution in [1.82, 2.24) is 5.32 Å². The van der Waals surface area contributed by atoms with Crippen molar-refractivity contribution in [1.29, 1.82) is 0 Å². The van der Waals surface area contributed by atoms with E-state index in [0.29, 0.717) is 6.42 Å². The van der Waals surface area contributed by atoms with Crippen molar-refractivity contribution in [3.8, 4) is 0 Å². The molecule has 2 heterocycles. The molecule has 0 saturated carbocycles. The molecule has 53 heavy (non-hydrogen) atoms. The number of aliphatic hydroxyl groups excluding tert-OH is 8. The first-order chi connectivity index (χ1) is 25.6. The molecule has 9 N–H and O–H groups in total. The van der Waals surface area contributed by atoms with Crippen LogP contribution in [0.3, 0.4) is 0 Å². The summed E-state index contributed by atoms with van der Waals surface area (Å²) in [5.41, 5.74) is 0. The first-order valence-electron chi connectivity index (χ1n) is 19.4. The fourth-order valence-corrected chi connectivity index (χ4v) is 5.99. The van der Waals surface area contributed by atoms with E-state index in [1.165, 1.54) is 0 Å². The summed E-state index contributed by atoms with van der Waals surface area (Å²) in [5, 5.41) is 85.6. The van der Waals surface area contributed by atoms with Crippen LogP contribution in [0.25, 0.3) is 0 Å². The van der Waals surface area contributed by atoms with Gasteiger partial charge in [0.15, 0.2) is 12.6 Å². The Labute approximate surface area is 314 Å². The lowest BCUT2D eigenvalue weighted by molar-refractivity contribution is -0.359. The Hall–Kier alpha value is -2.05. The van der Waals surface area contributed by atoms with Crippen molar-refractivity contribution >= 4 is 5.91 Å². The third-order valence-electron chi connectivity index (χ3n) is 9.27. The van der Waals surface area contributed by atoms with Gasteiger partial charge in [-0.05, 0) is 44.9 Å². The van der Waals surface area contributed by atoms with Crippen LogP contribution in [0.15, 0.2) is 48.6 Å². The van der Waals surface area contributed by atoms with E-state index in [4.69, 9.17) is 18.9 Å². The van der Waals surface area contributed by atoms with Crippen molar-refractivity contribution in [3.05, 3.63) is 48.6 Å². The highest BCUT2D eigenvalue weighted by Gasteiger charge is 2.50. The minimum atomic E-state index is -1.79. The van der Waals surface area contributed by atoms with E-state index in [1.807, 2.05) is 6.08 Å². The second-order valence-corrected chi connectivity index (χ2v) is 13.7. The Morgan fingerprint density at radius 1 is 0.698 bits per heavy atom. The molecule has 2 saturated heterocycles. The zero-order valence-electron chi connectivity index (χ0n) is 31.5. The van der Waals surface area contributed by atoms with E-state index in [2.05, 4.69) is 55.6 Å². The largest absolute Gasteiger partial charge is 0.394 e. The monoisotopic (exact) mass is 757 g/mol. The summed E-state index contributed by atoms with van der Waals surface area (Å²) in [4.78, 5) is 12.9. The van der Waals surface area contributed by atoms with E-state index >= 15 is 0 Å². The second kappa shape index (κ2) is 27.5. The highest BCUT2D eigenvalue weighted by molar-refractivity contribution is 5.76. The van der Waals surface area contributed by atoms with Crippen LogP contribution in [0.5, 0.6) is 0 Å². The first-order valence-corrected chi connectivity index (χ1v) is 19.4. The van der Waals surface area contributed by atoms with Crippen LogP contribution in [-0.2, 0) is 23.7 Å². The first kappa shape index (κ1) is 47.1. The number of aliphatic hydroxyl groups is 8. The third-order valence-corrected chi connectivity index (χ3v) is 9.27. The van der Waals surface area contributed by atoms with Crippen LogP contribution < -0.4 is 5.32 Å². The standard InChI is InChI=1S/C39H67NO13/c1-3-5-7-9-10-11-12-13-14-15-16-17-18-19-21-23-31(44)40-27(28(43)22-20-8-6-4-2)26-50-38-36(49)34(47)37(30(25-42)52-38)53-39-35(48)33(46)32(45)29(24-41)51-39/h5,7,10-11,13-14,20,22,27-30,32-39,41-43,45-49H,3-4,6,8-9,12,15-19,21,23-26H2,1-2H3,(H,40,44)/b7-5-,11-10-,14-13-,22-20+. The molecule has 0 aromatic rings. The normalized spacial score (nSPS) is 30.9. The van der Waals surface area contributed by atoms with Gasteiger partial charge in [-0.2, -0.15) is 0 Å². The van der Waals surface area contributed by atoms with Gasteiger partial charge in [0.2, 0.25) is 5.91 Å². The average Bonchev–Trinajstić information content (AvgIpc) is 3.15. The van der Waals surface area contributed by atoms with E-state index in [9.17, 15) is 45.6 Å². The third kappa shape index (κ3) is 17.1. The zero-order valence-corrected chi connectivity index (χ0v) is 31.5. The van der Waals surface area contributed by atoms with Gasteiger partial charge in [0.25, 0.3) is 0 Å². The van der Waals surface area contributed by atoms with Gasteiger partial charge in [-0.3, -0.25) is 4.79 Å². The van der Waals surface area contributed by atoms with Gasteiger partial charge in [-0.25, -0.2) is 0 Å². The average molecular weight is 758 g/mol. The number of nitrogens with one attached hydrogen (secondary N) is 1. The minimum Gasteiger partial charge on any atom is -0.394 e. The smallest absolute Gasteiger partial charge is 0.220 e. The van der Waals surface area contributed by atoms with E-state index in [-0.39, 0.29) is 18.9 Å². The highest BCUT2D eigenvalue weighted by atomic mass is 16.7. The molecule has 0 bridgehead atoms. The van der Waals surface area contributed by atoms with Gasteiger partial charge in [-0.1, -0.05) is 94.6 Å². The Kier molecular flexibility index (Phi) is 24.5. The molecule has 306 valence electrons. The molecule has 0 spiro atoms. The second-order valence-electron chi connectivity index (χ2n) is 13.7. The molecular formula is C39H67NO13. The molecule has 14 nitrogen and oxygen atoms in total. The Morgan fingerprint density at radius 3 is 1.98 bits per heavy atom. The molecule has 12 unspecified atom stereocenters. The van der Waals surface area contributed by atoms with Crippen LogP contribution in [-0.4, -0.2) is 140 Å². The summed E-state index contributed by atoms with van der Waals surface area (Å²) in [7, 11) is 0. The molecule has 0 aromatic heterocycles. The summed E-state index contributed by atoms with van der Waals surface area (Å²) in [5.74, 6) is -0.271. The SMILES string of the molecule is CC/C=C\C/C=C\C/C=C\CCCCCCCC(=O)NC(COC1OC(CO)C(OC2OC(CO)C(O)C(O)C2O)C(O)C1O)C(O)/C=C/CCCC. The van der Waals surface area contributed by atoms with Crippen LogP contribution in [0.2, 0.25) is 0 Å². The van der Waals surface area contributed by atoms with Crippen molar-refractivity contribution in [3.63, 3.8) is 0 Å². The fourth-order valence-electron chi connectivity index (χ4n) is 5.99. The van der Waals surface area contributed by atoms with Crippen molar-refractivity contribution < 1.29 is 64.6 Å². The molecule has 0 aromatic carbocycles. The summed E-state index contributed by atoms with van der Waals surface area (Å²) in [6, 6.07) is -0.918. The number of hydrogen-bond donors (Lipinski definition) is 9. The quantitative estimate of drug-likeness (QED) is 0.0454. The van der Waals surface area contributed by atoms with Crippen LogP contribution >= 0.6 is 0 Å². The fraction of sp³-hybridized carbons (Fsp3) is 0.769. The van der Waals surface area contributed by atoms with Crippen molar-refractivity contribution in [2.75, 3.05) is 19.8 Å². The lowest BCUT2D eigenvalue weighted by Crippen LogP contribution is -2.65. The predicted octanol–water partition coefficient (Wildman–Crippen LogP) is 1.81. The molecule has 12 atom stereocenters. The molecule has 0 radical (unpaired) electrons. The summed E-state index contributed by atoms with van der Waals surface area (Å²) in [6.45, 7) is 2.44. The number of unbranched alkanes of at least 4 members (excludes halogenated alkanes) is 7. The number of hydrogen-bond acceptors (Lipinski definition) is 13. The van der Waals surface area contributed by atoms with Crippen LogP contribution in [0, 0.1) is 0 Å². The number of allylic oxidation sites excluding steroid dienone is 7. The van der Waals surface area contributed by atoms with E-state index < -0.39 is 86.8 Å². The van der Waals surface area contributed by atoms with E-state index in [0.717, 1.165) is 70.6 Å². The summed E-state index contributed by atoms with van der Waals surface area (Å²) < 4.78 is 22.4. The Morgan fingerprint density at radius 2 is 1.30 bits per heavy atom. The molecule has 2 rings (SSSR count). The lowest BCUT2D eigenvalue weighted by atomic mass is 9.97. The number of carbonyl (C=O) groups is 1. The molecule has 1 amide bonds. The van der Waals surface area contributed by atoms with Gasteiger partial charge in [0.1, 0.15) is 48.8 Å². The van der Waals surface area contributed by atoms with Gasteiger partial charge in [0.05, 0.1) is 32.0 Å². The van der Waals surface area contributed by atoms with Crippen molar-refractivity contribution in [2.24, 2.45) is 0 Å². The van der Waals surface area contributed by atoms with Crippen LogP contribution in [0.1, 0.15) is 97.3 Å². The maximum Gasteiger partial charge on any atom is 0.220 e. The topological polar surface area (TPSA) is 228 Å². The lowest BCUT2D eigenvalue weighted by Gasteiger charge is -2.46. The summed E-state index contributed by atoms with van der Waals surface area (Å²) in [6.07, 6.45) is 11.1. The van der Waals surface area contributed by atoms with Crippen molar-refractivity contribution in [2.45, 2.75) is 171 Å². The zero-order chi connectivity index (χ0) is 39.0. The maximum absolute atomic E-state index is 12.9. The Balaban J connectivity index is 1.87. The van der Waals surface area contributed by atoms with Gasteiger partial charge < -0.3 is 65.1 Å². The maximum atomic E-state index is 12.9. The predicted molar refractivity (Wildman–Crippen MR) is 198 cm³/mol. The number of ether oxygens (including phenoxy) is 4. The number of carbonyl (C=O) groups excluding carboxylic acids is 1.